The highest BCUT2D eigenvalue weighted by atomic mass is 79.9. The molecule has 0 spiro atoms. The third-order valence-corrected chi connectivity index (χ3v) is 1.92. The van der Waals surface area contributed by atoms with Crippen molar-refractivity contribution < 1.29 is 0 Å². The van der Waals surface area contributed by atoms with Gasteiger partial charge in [-0.25, -0.2) is 9.97 Å². The minimum Gasteiger partial charge on any atom is -0.230 e. The van der Waals surface area contributed by atoms with Crippen LogP contribution in [0.2, 0.25) is 0 Å². The number of nitrogens with zero attached hydrogens (tertiary/aromatic N) is 2. The summed E-state index contributed by atoms with van der Waals surface area (Å²) < 4.78 is 0.639. The van der Waals surface area contributed by atoms with Crippen LogP contribution in [0, 0.1) is 0 Å². The molecule has 0 N–H and O–H groups in total. The Morgan fingerprint density at radius 1 is 1.44 bits per heavy atom. The van der Waals surface area contributed by atoms with Crippen molar-refractivity contribution in [3.63, 3.8) is 0 Å². The smallest absolute Gasteiger partial charge is 0.196 e. The highest BCUT2D eigenvalue weighted by Crippen LogP contribution is 2.11. The van der Waals surface area contributed by atoms with Gasteiger partial charge in [-0.2, -0.15) is 0 Å². The summed E-state index contributed by atoms with van der Waals surface area (Å²) in [6.45, 7) is 0. The van der Waals surface area contributed by atoms with Gasteiger partial charge < -0.3 is 0 Å². The Morgan fingerprint density at radius 3 is 2.44 bits per heavy atom. The van der Waals surface area contributed by atoms with Crippen molar-refractivity contribution in [1.29, 1.82) is 0 Å². The molecule has 0 radical (unpaired) electrons. The second-order valence-corrected chi connectivity index (χ2v) is 2.98. The summed E-state index contributed by atoms with van der Waals surface area (Å²) in [4.78, 5) is 8.95. The van der Waals surface area contributed by atoms with Gasteiger partial charge in [-0.05, 0) is 22.2 Å². The molecule has 0 bridgehead atoms. The third kappa shape index (κ3) is 1.95. The molecule has 1 aromatic rings. The molecular formula is C5H5BrN2S. The zero-order valence-corrected chi connectivity index (χ0v) is 7.24. The molecule has 0 atom stereocenters. The normalized spacial score (nSPS) is 9.56. The van der Waals surface area contributed by atoms with Gasteiger partial charge in [0.1, 0.15) is 0 Å². The molecule has 1 aromatic heterocycles. The van der Waals surface area contributed by atoms with Gasteiger partial charge in [0, 0.05) is 17.3 Å². The second kappa shape index (κ2) is 3.17. The first-order valence-electron chi connectivity index (χ1n) is 2.34. The molecule has 9 heavy (non-hydrogen) atoms. The maximum Gasteiger partial charge on any atom is 0.196 e. The van der Waals surface area contributed by atoms with Crippen molar-refractivity contribution in [1.82, 2.24) is 9.97 Å². The largest absolute Gasteiger partial charge is 0.230 e. The zero-order chi connectivity index (χ0) is 6.69. The van der Waals surface area contributed by atoms with Crippen LogP contribution in [-0.2, 0) is 0 Å². The van der Waals surface area contributed by atoms with Crippen molar-refractivity contribution in [3.05, 3.63) is 17.1 Å². The first kappa shape index (κ1) is 7.02. The van der Waals surface area contributed by atoms with Crippen LogP contribution in [0.4, 0.5) is 0 Å². The van der Waals surface area contributed by atoms with E-state index in [-0.39, 0.29) is 0 Å². The van der Waals surface area contributed by atoms with Crippen LogP contribution in [0.5, 0.6) is 0 Å². The van der Waals surface area contributed by atoms with Gasteiger partial charge in [0.25, 0.3) is 0 Å². The number of aromatic nitrogens is 2. The summed E-state index contributed by atoms with van der Waals surface area (Å²) in [5.41, 5.74) is 0. The lowest BCUT2D eigenvalue weighted by Crippen LogP contribution is -1.80. The Morgan fingerprint density at radius 2 is 2.00 bits per heavy atom. The molecule has 0 unspecified atom stereocenters. The number of hydrogen-bond acceptors (Lipinski definition) is 3. The van der Waals surface area contributed by atoms with Crippen molar-refractivity contribution in [2.45, 2.75) is 4.90 Å². The molecule has 4 heteroatoms. The Bertz CT molecular complexity index is 187. The Labute approximate surface area is 66.2 Å². The summed E-state index contributed by atoms with van der Waals surface area (Å²) >= 11 is 4.77. The summed E-state index contributed by atoms with van der Waals surface area (Å²) in [7, 11) is 0. The van der Waals surface area contributed by atoms with E-state index in [0.29, 0.717) is 4.73 Å². The van der Waals surface area contributed by atoms with Gasteiger partial charge in [0.05, 0.1) is 0 Å². The molecular weight excluding hydrogens is 200 g/mol. The Balaban J connectivity index is 2.88. The van der Waals surface area contributed by atoms with Crippen LogP contribution < -0.4 is 0 Å². The number of halogens is 1. The molecule has 0 aliphatic heterocycles. The van der Waals surface area contributed by atoms with Crippen LogP contribution in [0.1, 0.15) is 0 Å². The summed E-state index contributed by atoms with van der Waals surface area (Å²) in [5.74, 6) is 0. The first-order chi connectivity index (χ1) is 4.33. The van der Waals surface area contributed by atoms with Crippen LogP contribution in [0.3, 0.4) is 0 Å². The van der Waals surface area contributed by atoms with Gasteiger partial charge >= 0.3 is 0 Å². The van der Waals surface area contributed by atoms with E-state index in [1.165, 1.54) is 0 Å². The summed E-state index contributed by atoms with van der Waals surface area (Å²) in [6, 6.07) is 0. The highest BCUT2D eigenvalue weighted by Gasteiger charge is 1.89. The van der Waals surface area contributed by atoms with Crippen LogP contribution in [-0.4, -0.2) is 16.2 Å². The van der Waals surface area contributed by atoms with Crippen molar-refractivity contribution in [2.75, 3.05) is 6.26 Å². The minimum absolute atomic E-state index is 0.639. The lowest BCUT2D eigenvalue weighted by Gasteiger charge is -1.91. The topological polar surface area (TPSA) is 25.8 Å². The fourth-order valence-electron chi connectivity index (χ4n) is 0.406. The highest BCUT2D eigenvalue weighted by molar-refractivity contribution is 9.10. The molecule has 2 nitrogen and oxygen atoms in total. The quantitative estimate of drug-likeness (QED) is 0.517. The Hall–Kier alpha value is -0.0900. The fraction of sp³-hybridized carbons (Fsp3) is 0.200. The molecule has 0 aromatic carbocycles. The van der Waals surface area contributed by atoms with E-state index in [2.05, 4.69) is 25.9 Å². The number of thioether (sulfide) groups is 1. The van der Waals surface area contributed by atoms with E-state index in [0.717, 1.165) is 4.90 Å². The van der Waals surface area contributed by atoms with Gasteiger partial charge in [0.15, 0.2) is 4.73 Å². The maximum atomic E-state index is 3.93. The molecule has 1 heterocycles. The van der Waals surface area contributed by atoms with Crippen LogP contribution >= 0.6 is 27.7 Å². The minimum atomic E-state index is 0.639. The molecule has 1 rings (SSSR count). The molecule has 0 aliphatic carbocycles. The molecule has 0 saturated carbocycles. The fourth-order valence-corrected chi connectivity index (χ4v) is 0.927. The van der Waals surface area contributed by atoms with Crippen LogP contribution in [0.25, 0.3) is 0 Å². The van der Waals surface area contributed by atoms with E-state index in [9.17, 15) is 0 Å². The predicted octanol–water partition coefficient (Wildman–Crippen LogP) is 1.96. The lowest BCUT2D eigenvalue weighted by molar-refractivity contribution is 1.05. The van der Waals surface area contributed by atoms with E-state index in [1.807, 2.05) is 6.26 Å². The standard InChI is InChI=1S/C5H5BrN2S/c1-9-4-2-7-5(6)8-3-4/h2-3H,1H3. The number of hydrogen-bond donors (Lipinski definition) is 0. The molecule has 48 valence electrons. The van der Waals surface area contributed by atoms with E-state index >= 15 is 0 Å². The van der Waals surface area contributed by atoms with E-state index in [4.69, 9.17) is 0 Å². The number of rotatable bonds is 1. The Kier molecular flexibility index (Phi) is 2.48. The van der Waals surface area contributed by atoms with E-state index < -0.39 is 0 Å². The van der Waals surface area contributed by atoms with Gasteiger partial charge in [-0.15, -0.1) is 11.8 Å². The average molecular weight is 205 g/mol. The van der Waals surface area contributed by atoms with Gasteiger partial charge in [0.2, 0.25) is 0 Å². The third-order valence-electron chi connectivity index (χ3n) is 0.832. The summed E-state index contributed by atoms with van der Waals surface area (Å²) in [6.07, 6.45) is 5.55. The SMILES string of the molecule is CSc1cnc(Br)nc1. The zero-order valence-electron chi connectivity index (χ0n) is 4.84. The van der Waals surface area contributed by atoms with Crippen LogP contribution in [0.15, 0.2) is 22.0 Å². The second-order valence-electron chi connectivity index (χ2n) is 1.39. The van der Waals surface area contributed by atoms with Crippen molar-refractivity contribution in [3.8, 4) is 0 Å². The molecule has 0 saturated heterocycles. The first-order valence-corrected chi connectivity index (χ1v) is 4.36. The summed E-state index contributed by atoms with van der Waals surface area (Å²) in [5, 5.41) is 0. The monoisotopic (exact) mass is 204 g/mol. The van der Waals surface area contributed by atoms with Crippen molar-refractivity contribution >= 4 is 27.7 Å². The predicted molar refractivity (Wildman–Crippen MR) is 41.5 cm³/mol. The maximum absolute atomic E-state index is 3.93. The van der Waals surface area contributed by atoms with E-state index in [1.54, 1.807) is 24.2 Å². The average Bonchev–Trinajstić information content (AvgIpc) is 1.90. The molecule has 0 amide bonds. The van der Waals surface area contributed by atoms with Gasteiger partial charge in [-0.1, -0.05) is 0 Å². The van der Waals surface area contributed by atoms with Gasteiger partial charge in [-0.3, -0.25) is 0 Å². The van der Waals surface area contributed by atoms with Crippen molar-refractivity contribution in [2.24, 2.45) is 0 Å². The lowest BCUT2D eigenvalue weighted by atomic mass is 10.7. The molecule has 0 aliphatic rings. The molecule has 0 fully saturated rings.